The predicted octanol–water partition coefficient (Wildman–Crippen LogP) is -1.79. The number of nitro groups is 1. The summed E-state index contributed by atoms with van der Waals surface area (Å²) in [5.74, 6) is 0. The van der Waals surface area contributed by atoms with E-state index in [4.69, 9.17) is 4.74 Å². The Morgan fingerprint density at radius 1 is 1.24 bits per heavy atom. The highest BCUT2D eigenvalue weighted by Gasteiger charge is 2.55. The predicted molar refractivity (Wildman–Crippen MR) is 67.0 cm³/mol. The Balaban J connectivity index is 2.43. The van der Waals surface area contributed by atoms with E-state index in [0.717, 1.165) is 12.1 Å². The van der Waals surface area contributed by atoms with Crippen LogP contribution < -0.4 is 0 Å². The van der Waals surface area contributed by atoms with Gasteiger partial charge in [0.1, 0.15) is 23.9 Å². The van der Waals surface area contributed by atoms with Crippen LogP contribution in [0.5, 0.6) is 0 Å². The van der Waals surface area contributed by atoms with Crippen LogP contribution in [0.4, 0.5) is 5.69 Å². The Morgan fingerprint density at radius 2 is 1.81 bits per heavy atom. The van der Waals surface area contributed by atoms with Crippen LogP contribution in [-0.4, -0.2) is 61.7 Å². The van der Waals surface area contributed by atoms with Crippen LogP contribution in [0.15, 0.2) is 24.3 Å². The van der Waals surface area contributed by atoms with Gasteiger partial charge in [-0.3, -0.25) is 10.1 Å². The minimum atomic E-state index is -2.22. The quantitative estimate of drug-likeness (QED) is 0.324. The Kier molecular flexibility index (Phi) is 4.23. The molecule has 5 N–H and O–H groups in total. The third-order valence-electron chi connectivity index (χ3n) is 3.57. The van der Waals surface area contributed by atoms with Gasteiger partial charge in [0.2, 0.25) is 0 Å². The largest absolute Gasteiger partial charge is 0.394 e. The zero-order chi connectivity index (χ0) is 15.8. The smallest absolute Gasteiger partial charge is 0.269 e. The van der Waals surface area contributed by atoms with E-state index in [1.54, 1.807) is 0 Å². The molecule has 9 nitrogen and oxygen atoms in total. The van der Waals surface area contributed by atoms with Gasteiger partial charge >= 0.3 is 0 Å². The number of nitrogens with zero attached hydrogens (tertiary/aromatic N) is 1. The average molecular weight is 301 g/mol. The third kappa shape index (κ3) is 2.50. The number of nitro benzene ring substituents is 1. The van der Waals surface area contributed by atoms with Gasteiger partial charge in [-0.15, -0.1) is 0 Å². The van der Waals surface area contributed by atoms with Crippen LogP contribution in [0.3, 0.4) is 0 Å². The second kappa shape index (κ2) is 5.64. The first-order chi connectivity index (χ1) is 9.82. The normalized spacial score (nSPS) is 36.4. The van der Waals surface area contributed by atoms with Gasteiger partial charge in [0, 0.05) is 12.1 Å². The molecule has 0 bridgehead atoms. The van der Waals surface area contributed by atoms with Gasteiger partial charge in [0.25, 0.3) is 5.69 Å². The summed E-state index contributed by atoms with van der Waals surface area (Å²) in [6.07, 6.45) is -6.82. The fourth-order valence-corrected chi connectivity index (χ4v) is 2.35. The lowest BCUT2D eigenvalue weighted by Crippen LogP contribution is -2.64. The average Bonchev–Trinajstić information content (AvgIpc) is 2.48. The van der Waals surface area contributed by atoms with E-state index in [1.165, 1.54) is 12.1 Å². The number of hydrogen-bond donors (Lipinski definition) is 5. The maximum atomic E-state index is 10.6. The molecule has 1 aromatic rings. The highest BCUT2D eigenvalue weighted by molar-refractivity contribution is 5.37. The van der Waals surface area contributed by atoms with Crippen LogP contribution in [0.25, 0.3) is 0 Å². The first-order valence-corrected chi connectivity index (χ1v) is 6.10. The second-order valence-corrected chi connectivity index (χ2v) is 4.76. The zero-order valence-electron chi connectivity index (χ0n) is 10.7. The van der Waals surface area contributed by atoms with Gasteiger partial charge < -0.3 is 30.3 Å². The Hall–Kier alpha value is -1.62. The molecular formula is C12H15NO8. The maximum Gasteiger partial charge on any atom is 0.269 e. The lowest BCUT2D eigenvalue weighted by atomic mass is 9.78. The number of benzene rings is 1. The van der Waals surface area contributed by atoms with Gasteiger partial charge in [-0.2, -0.15) is 0 Å². The summed E-state index contributed by atoms with van der Waals surface area (Å²) in [6, 6.07) is 4.56. The molecule has 116 valence electrons. The SMILES string of the molecule is O=[N+]([O-])c1ccc([C@]2(O)[C@H](O)[C@@H](O)[C@@H](O)O[C@@H]2CO)cc1. The van der Waals surface area contributed by atoms with E-state index in [0.29, 0.717) is 0 Å². The summed E-state index contributed by atoms with van der Waals surface area (Å²) < 4.78 is 4.88. The van der Waals surface area contributed by atoms with Crippen molar-refractivity contribution >= 4 is 5.69 Å². The molecule has 0 saturated carbocycles. The minimum Gasteiger partial charge on any atom is -0.394 e. The molecule has 5 atom stereocenters. The van der Waals surface area contributed by atoms with Crippen molar-refractivity contribution in [3.8, 4) is 0 Å². The van der Waals surface area contributed by atoms with E-state index in [-0.39, 0.29) is 11.3 Å². The molecular weight excluding hydrogens is 286 g/mol. The van der Waals surface area contributed by atoms with Crippen LogP contribution in [0, 0.1) is 10.1 Å². The highest BCUT2D eigenvalue weighted by atomic mass is 16.6. The van der Waals surface area contributed by atoms with Gasteiger partial charge in [0.05, 0.1) is 11.5 Å². The number of non-ortho nitro benzene ring substituents is 1. The summed E-state index contributed by atoms with van der Waals surface area (Å²) in [6.45, 7) is -0.742. The van der Waals surface area contributed by atoms with Crippen molar-refractivity contribution in [2.45, 2.75) is 30.2 Å². The molecule has 0 amide bonds. The van der Waals surface area contributed by atoms with E-state index >= 15 is 0 Å². The standard InChI is InChI=1S/C12H15NO8/c14-5-8-12(18,10(16)9(15)11(17)21-8)6-1-3-7(4-2-6)13(19)20/h1-4,8-11,14-18H,5H2/t8-,9-,10-,11+,12-/m1/s1. The molecule has 1 aliphatic rings. The van der Waals surface area contributed by atoms with Crippen molar-refractivity contribution in [2.75, 3.05) is 6.61 Å². The molecule has 0 unspecified atom stereocenters. The van der Waals surface area contributed by atoms with E-state index < -0.39 is 41.7 Å². The first-order valence-electron chi connectivity index (χ1n) is 6.10. The summed E-state index contributed by atoms with van der Waals surface area (Å²) >= 11 is 0. The maximum absolute atomic E-state index is 10.6. The number of hydrogen-bond acceptors (Lipinski definition) is 8. The van der Waals surface area contributed by atoms with Gasteiger partial charge in [-0.25, -0.2) is 0 Å². The second-order valence-electron chi connectivity index (χ2n) is 4.76. The molecule has 0 aromatic heterocycles. The molecule has 2 rings (SSSR count). The lowest BCUT2D eigenvalue weighted by Gasteiger charge is -2.46. The van der Waals surface area contributed by atoms with E-state index in [1.807, 2.05) is 0 Å². The van der Waals surface area contributed by atoms with Gasteiger partial charge in [-0.05, 0) is 17.7 Å². The number of aliphatic hydroxyl groups is 5. The summed E-state index contributed by atoms with van der Waals surface area (Å²) in [7, 11) is 0. The fourth-order valence-electron chi connectivity index (χ4n) is 2.35. The molecule has 0 spiro atoms. The molecule has 1 fully saturated rings. The summed E-state index contributed by atoms with van der Waals surface area (Å²) in [4.78, 5) is 9.97. The van der Waals surface area contributed by atoms with Gasteiger partial charge in [-0.1, -0.05) is 0 Å². The monoisotopic (exact) mass is 301 g/mol. The lowest BCUT2D eigenvalue weighted by molar-refractivity contribution is -0.385. The Labute approximate surface area is 118 Å². The molecule has 9 heteroatoms. The molecule has 1 saturated heterocycles. The van der Waals surface area contributed by atoms with Crippen LogP contribution in [0.1, 0.15) is 5.56 Å². The molecule has 21 heavy (non-hydrogen) atoms. The van der Waals surface area contributed by atoms with Crippen molar-refractivity contribution in [1.82, 2.24) is 0 Å². The summed E-state index contributed by atoms with van der Waals surface area (Å²) in [5.41, 5.74) is -2.44. The zero-order valence-corrected chi connectivity index (χ0v) is 10.7. The fraction of sp³-hybridized carbons (Fsp3) is 0.500. The molecule has 1 aromatic carbocycles. The minimum absolute atomic E-state index is 0.00519. The van der Waals surface area contributed by atoms with Crippen molar-refractivity contribution in [3.05, 3.63) is 39.9 Å². The molecule has 1 aliphatic heterocycles. The number of rotatable bonds is 3. The Morgan fingerprint density at radius 3 is 2.29 bits per heavy atom. The van der Waals surface area contributed by atoms with Crippen LogP contribution in [-0.2, 0) is 10.3 Å². The van der Waals surface area contributed by atoms with Crippen molar-refractivity contribution in [1.29, 1.82) is 0 Å². The molecule has 1 heterocycles. The molecule has 0 radical (unpaired) electrons. The van der Waals surface area contributed by atoms with Gasteiger partial charge in [0.15, 0.2) is 6.29 Å². The van der Waals surface area contributed by atoms with Crippen LogP contribution >= 0.6 is 0 Å². The number of aliphatic hydroxyl groups excluding tert-OH is 4. The Bertz CT molecular complexity index is 516. The molecule has 0 aliphatic carbocycles. The van der Waals surface area contributed by atoms with Crippen LogP contribution in [0.2, 0.25) is 0 Å². The van der Waals surface area contributed by atoms with Crippen molar-refractivity contribution < 1.29 is 35.2 Å². The van der Waals surface area contributed by atoms with E-state index in [2.05, 4.69) is 0 Å². The summed E-state index contributed by atoms with van der Waals surface area (Å²) in [5, 5.41) is 59.5. The highest BCUT2D eigenvalue weighted by Crippen LogP contribution is 2.38. The number of ether oxygens (including phenoxy) is 1. The van der Waals surface area contributed by atoms with Crippen molar-refractivity contribution in [3.63, 3.8) is 0 Å². The van der Waals surface area contributed by atoms with E-state index in [9.17, 15) is 35.6 Å². The topological polar surface area (TPSA) is 154 Å². The van der Waals surface area contributed by atoms with Crippen molar-refractivity contribution in [2.24, 2.45) is 0 Å². The first kappa shape index (κ1) is 15.8. The third-order valence-corrected chi connectivity index (χ3v) is 3.57.